The number of halogens is 1. The number of hydrogen-bond donors (Lipinski definition) is 1. The average molecular weight is 197 g/mol. The number of hydrogen-bond acceptors (Lipinski definition) is 3. The molecule has 1 aliphatic heterocycles. The highest BCUT2D eigenvalue weighted by atomic mass is 19.1. The van der Waals surface area contributed by atoms with Crippen LogP contribution in [0.3, 0.4) is 0 Å². The Morgan fingerprint density at radius 1 is 1.50 bits per heavy atom. The molecule has 76 valence electrons. The summed E-state index contributed by atoms with van der Waals surface area (Å²) in [5, 5.41) is 0. The Kier molecular flexibility index (Phi) is 2.29. The molecule has 4 heteroatoms. The Balaban J connectivity index is 2.52. The van der Waals surface area contributed by atoms with Crippen LogP contribution in [0.4, 0.5) is 4.39 Å². The van der Waals surface area contributed by atoms with Gasteiger partial charge in [-0.05, 0) is 24.6 Å². The summed E-state index contributed by atoms with van der Waals surface area (Å²) in [7, 11) is 0. The quantitative estimate of drug-likeness (QED) is 0.787. The molecule has 0 aliphatic carbocycles. The summed E-state index contributed by atoms with van der Waals surface area (Å²) in [6.07, 6.45) is 0. The van der Waals surface area contributed by atoms with Crippen molar-refractivity contribution in [1.82, 2.24) is 0 Å². The molecule has 0 amide bonds. The number of alkyl halides is 1. The summed E-state index contributed by atoms with van der Waals surface area (Å²) in [4.78, 5) is 0. The first-order valence-corrected chi connectivity index (χ1v) is 4.46. The number of rotatable bonds is 2. The van der Waals surface area contributed by atoms with Crippen LogP contribution in [0.5, 0.6) is 11.5 Å². The van der Waals surface area contributed by atoms with Crippen LogP contribution in [0.15, 0.2) is 12.1 Å². The van der Waals surface area contributed by atoms with Gasteiger partial charge in [0.2, 0.25) is 6.79 Å². The fourth-order valence-corrected chi connectivity index (χ4v) is 1.51. The van der Waals surface area contributed by atoms with E-state index in [0.29, 0.717) is 17.1 Å². The highest BCUT2D eigenvalue weighted by Crippen LogP contribution is 2.39. The lowest BCUT2D eigenvalue weighted by Crippen LogP contribution is -2.06. The van der Waals surface area contributed by atoms with E-state index in [4.69, 9.17) is 15.2 Å². The smallest absolute Gasteiger partial charge is 0.231 e. The van der Waals surface area contributed by atoms with Crippen molar-refractivity contribution >= 4 is 0 Å². The monoisotopic (exact) mass is 197 g/mol. The normalized spacial score (nSPS) is 15.6. The fourth-order valence-electron chi connectivity index (χ4n) is 1.51. The topological polar surface area (TPSA) is 44.5 Å². The van der Waals surface area contributed by atoms with Gasteiger partial charge in [0.15, 0.2) is 11.5 Å². The highest BCUT2D eigenvalue weighted by molar-refractivity contribution is 5.51. The third kappa shape index (κ3) is 1.42. The first-order chi connectivity index (χ1) is 6.72. The van der Waals surface area contributed by atoms with Gasteiger partial charge < -0.3 is 15.2 Å². The van der Waals surface area contributed by atoms with E-state index in [0.717, 1.165) is 5.56 Å². The first kappa shape index (κ1) is 9.27. The number of benzene rings is 1. The molecule has 1 aromatic rings. The van der Waals surface area contributed by atoms with Crippen molar-refractivity contribution in [2.75, 3.05) is 6.79 Å². The van der Waals surface area contributed by atoms with Gasteiger partial charge in [-0.15, -0.1) is 0 Å². The summed E-state index contributed by atoms with van der Waals surface area (Å²) < 4.78 is 23.0. The minimum Gasteiger partial charge on any atom is -0.454 e. The molecule has 0 fully saturated rings. The van der Waals surface area contributed by atoms with Crippen LogP contribution in [0.2, 0.25) is 0 Å². The molecule has 14 heavy (non-hydrogen) atoms. The van der Waals surface area contributed by atoms with Crippen LogP contribution in [0, 0.1) is 0 Å². The van der Waals surface area contributed by atoms with E-state index in [9.17, 15) is 4.39 Å². The van der Waals surface area contributed by atoms with Crippen molar-refractivity contribution in [3.63, 3.8) is 0 Å². The Hall–Kier alpha value is -1.29. The van der Waals surface area contributed by atoms with E-state index in [1.165, 1.54) is 0 Å². The molecule has 0 saturated heterocycles. The summed E-state index contributed by atoms with van der Waals surface area (Å²) in [5.41, 5.74) is 7.12. The molecule has 1 unspecified atom stereocenters. The molecule has 0 spiro atoms. The minimum atomic E-state index is -0.518. The van der Waals surface area contributed by atoms with Crippen LogP contribution < -0.4 is 15.2 Å². The molecule has 0 radical (unpaired) electrons. The van der Waals surface area contributed by atoms with Crippen LogP contribution in [0.1, 0.15) is 24.1 Å². The van der Waals surface area contributed by atoms with Crippen molar-refractivity contribution in [1.29, 1.82) is 0 Å². The van der Waals surface area contributed by atoms with Gasteiger partial charge in [-0.3, -0.25) is 0 Å². The van der Waals surface area contributed by atoms with E-state index in [-0.39, 0.29) is 12.8 Å². The summed E-state index contributed by atoms with van der Waals surface area (Å²) in [5.74, 6) is 1.24. The van der Waals surface area contributed by atoms with Gasteiger partial charge in [-0.25, -0.2) is 4.39 Å². The standard InChI is InChI=1S/C10H12FNO2/c1-6(12)8-2-7(4-11)3-9-10(8)14-5-13-9/h2-3,6H,4-5,12H2,1H3. The highest BCUT2D eigenvalue weighted by Gasteiger charge is 2.20. The van der Waals surface area contributed by atoms with Crippen molar-refractivity contribution in [3.8, 4) is 11.5 Å². The van der Waals surface area contributed by atoms with E-state index < -0.39 is 6.67 Å². The van der Waals surface area contributed by atoms with Crippen molar-refractivity contribution in [2.24, 2.45) is 5.73 Å². The molecule has 1 heterocycles. The minimum absolute atomic E-state index is 0.183. The maximum absolute atomic E-state index is 12.5. The molecule has 1 aliphatic rings. The molecule has 2 rings (SSSR count). The van der Waals surface area contributed by atoms with Gasteiger partial charge in [-0.2, -0.15) is 0 Å². The molecular weight excluding hydrogens is 185 g/mol. The van der Waals surface area contributed by atoms with Crippen LogP contribution in [0.25, 0.3) is 0 Å². The molecule has 2 N–H and O–H groups in total. The molecule has 1 atom stereocenters. The lowest BCUT2D eigenvalue weighted by atomic mass is 10.0. The second-order valence-corrected chi connectivity index (χ2v) is 3.34. The third-order valence-electron chi connectivity index (χ3n) is 2.21. The number of ether oxygens (including phenoxy) is 2. The van der Waals surface area contributed by atoms with Crippen molar-refractivity contribution < 1.29 is 13.9 Å². The maximum Gasteiger partial charge on any atom is 0.231 e. The van der Waals surface area contributed by atoms with E-state index in [1.54, 1.807) is 12.1 Å². The molecular formula is C10H12FNO2. The van der Waals surface area contributed by atoms with Gasteiger partial charge >= 0.3 is 0 Å². The van der Waals surface area contributed by atoms with Crippen molar-refractivity contribution in [3.05, 3.63) is 23.3 Å². The Labute approximate surface area is 81.6 Å². The fraction of sp³-hybridized carbons (Fsp3) is 0.400. The molecule has 3 nitrogen and oxygen atoms in total. The lowest BCUT2D eigenvalue weighted by Gasteiger charge is -2.10. The van der Waals surface area contributed by atoms with Gasteiger partial charge in [0.05, 0.1) is 0 Å². The Bertz CT molecular complexity index is 352. The second kappa shape index (κ2) is 3.46. The molecule has 0 saturated carbocycles. The zero-order valence-corrected chi connectivity index (χ0v) is 7.92. The van der Waals surface area contributed by atoms with E-state index >= 15 is 0 Å². The average Bonchev–Trinajstić information content (AvgIpc) is 2.63. The summed E-state index contributed by atoms with van der Waals surface area (Å²) in [6, 6.07) is 3.18. The lowest BCUT2D eigenvalue weighted by molar-refractivity contribution is 0.173. The molecule has 0 aromatic heterocycles. The van der Waals surface area contributed by atoms with Crippen molar-refractivity contribution in [2.45, 2.75) is 19.6 Å². The van der Waals surface area contributed by atoms with E-state index in [1.807, 2.05) is 6.92 Å². The van der Waals surface area contributed by atoms with Gasteiger partial charge in [-0.1, -0.05) is 0 Å². The predicted molar refractivity (Wildman–Crippen MR) is 50.0 cm³/mol. The zero-order valence-electron chi connectivity index (χ0n) is 7.92. The SMILES string of the molecule is CC(N)c1cc(CF)cc2c1OCO2. The Morgan fingerprint density at radius 3 is 2.93 bits per heavy atom. The Morgan fingerprint density at radius 2 is 2.29 bits per heavy atom. The number of nitrogens with two attached hydrogens (primary N) is 1. The van der Waals surface area contributed by atoms with Gasteiger partial charge in [0.25, 0.3) is 0 Å². The first-order valence-electron chi connectivity index (χ1n) is 4.46. The van der Waals surface area contributed by atoms with Gasteiger partial charge in [0, 0.05) is 11.6 Å². The third-order valence-corrected chi connectivity index (χ3v) is 2.21. The predicted octanol–water partition coefficient (Wildman–Crippen LogP) is 1.90. The molecule has 0 bridgehead atoms. The largest absolute Gasteiger partial charge is 0.454 e. The molecule has 1 aromatic carbocycles. The van der Waals surface area contributed by atoms with Gasteiger partial charge in [0.1, 0.15) is 6.67 Å². The zero-order chi connectivity index (χ0) is 10.1. The van der Waals surface area contributed by atoms with Crippen LogP contribution >= 0.6 is 0 Å². The van der Waals surface area contributed by atoms with Crippen LogP contribution in [-0.2, 0) is 6.67 Å². The second-order valence-electron chi connectivity index (χ2n) is 3.34. The van der Waals surface area contributed by atoms with E-state index in [2.05, 4.69) is 0 Å². The maximum atomic E-state index is 12.5. The number of fused-ring (bicyclic) bond motifs is 1. The summed E-state index contributed by atoms with van der Waals surface area (Å²) >= 11 is 0. The van der Waals surface area contributed by atoms with Crippen LogP contribution in [-0.4, -0.2) is 6.79 Å². The summed E-state index contributed by atoms with van der Waals surface area (Å²) in [6.45, 7) is 1.50.